The number of ether oxygens (including phenoxy) is 1. The first-order valence-electron chi connectivity index (χ1n) is 4.35. The maximum atomic E-state index is 5.34. The summed E-state index contributed by atoms with van der Waals surface area (Å²) in [5.74, 6) is 0. The molecule has 3 N–H and O–H groups in total. The van der Waals surface area contributed by atoms with Crippen molar-refractivity contribution in [2.75, 3.05) is 20.2 Å². The van der Waals surface area contributed by atoms with Gasteiger partial charge < -0.3 is 15.4 Å². The van der Waals surface area contributed by atoms with Crippen LogP contribution in [0.15, 0.2) is 12.3 Å². The Kier molecular flexibility index (Phi) is 4.95. The molecule has 0 aliphatic heterocycles. The summed E-state index contributed by atoms with van der Waals surface area (Å²) in [5.41, 5.74) is 0.904. The van der Waals surface area contributed by atoms with Crippen LogP contribution in [0, 0.1) is 0 Å². The van der Waals surface area contributed by atoms with Crippen LogP contribution in [0.25, 0.3) is 0 Å². The number of hydrogen-bond donors (Lipinski definition) is 3. The highest BCUT2D eigenvalue weighted by Crippen LogP contribution is 1.93. The molecule has 0 aliphatic carbocycles. The van der Waals surface area contributed by atoms with E-state index in [4.69, 9.17) is 17.0 Å². The molecule has 1 aromatic rings. The van der Waals surface area contributed by atoms with Gasteiger partial charge in [0.2, 0.25) is 0 Å². The fourth-order valence-electron chi connectivity index (χ4n) is 0.873. The lowest BCUT2D eigenvalue weighted by molar-refractivity contribution is 0.123. The fraction of sp³-hybridized carbons (Fsp3) is 0.500. The third kappa shape index (κ3) is 4.20. The van der Waals surface area contributed by atoms with Gasteiger partial charge in [0.15, 0.2) is 5.11 Å². The number of rotatable bonds is 5. The highest BCUT2D eigenvalue weighted by atomic mass is 32.1. The molecule has 14 heavy (non-hydrogen) atoms. The summed E-state index contributed by atoms with van der Waals surface area (Å²) < 4.78 is 5.34. The molecular weight excluding hydrogens is 200 g/mol. The van der Waals surface area contributed by atoms with E-state index in [1.807, 2.05) is 6.07 Å². The van der Waals surface area contributed by atoms with Crippen LogP contribution in [0.1, 0.15) is 5.69 Å². The number of nitrogens with one attached hydrogen (secondary N) is 3. The third-order valence-electron chi connectivity index (χ3n) is 1.57. The lowest BCUT2D eigenvalue weighted by atomic mass is 10.5. The lowest BCUT2D eigenvalue weighted by Gasteiger charge is -2.06. The molecule has 0 saturated heterocycles. The summed E-state index contributed by atoms with van der Waals surface area (Å²) in [4.78, 5) is 0. The predicted octanol–water partition coefficient (Wildman–Crippen LogP) is 0.0202. The summed E-state index contributed by atoms with van der Waals surface area (Å²) in [5, 5.41) is 13.1. The molecule has 0 bridgehead atoms. The van der Waals surface area contributed by atoms with Crippen molar-refractivity contribution in [2.24, 2.45) is 0 Å². The van der Waals surface area contributed by atoms with Gasteiger partial charge in [-0.2, -0.15) is 5.10 Å². The zero-order chi connectivity index (χ0) is 10.2. The van der Waals surface area contributed by atoms with Crippen LogP contribution >= 0.6 is 12.2 Å². The minimum Gasteiger partial charge on any atom is -0.373 e. The van der Waals surface area contributed by atoms with Gasteiger partial charge in [0.25, 0.3) is 0 Å². The van der Waals surface area contributed by atoms with Crippen LogP contribution < -0.4 is 10.6 Å². The normalized spacial score (nSPS) is 9.79. The molecular formula is C8H14N4OS. The van der Waals surface area contributed by atoms with Crippen LogP contribution in [-0.4, -0.2) is 35.5 Å². The standard InChI is InChI=1S/C8H14N4OS/c1-9-8(14)10-4-5-13-6-7-2-3-11-12-7/h2-3H,4-6H2,1H3,(H,11,12)(H2,9,10,14). The Bertz CT molecular complexity index is 262. The molecule has 0 amide bonds. The van der Waals surface area contributed by atoms with Crippen molar-refractivity contribution in [3.63, 3.8) is 0 Å². The zero-order valence-corrected chi connectivity index (χ0v) is 8.86. The fourth-order valence-corrected chi connectivity index (χ4v) is 0.975. The molecule has 0 spiro atoms. The SMILES string of the molecule is CNC(=S)NCCOCc1cc[nH]n1. The Hall–Kier alpha value is -1.14. The van der Waals surface area contributed by atoms with Crippen molar-refractivity contribution in [2.45, 2.75) is 6.61 Å². The molecule has 5 nitrogen and oxygen atoms in total. The van der Waals surface area contributed by atoms with Crippen LogP contribution in [0.5, 0.6) is 0 Å². The minimum absolute atomic E-state index is 0.525. The van der Waals surface area contributed by atoms with Gasteiger partial charge in [-0.25, -0.2) is 0 Å². The molecule has 1 rings (SSSR count). The Balaban J connectivity index is 1.97. The van der Waals surface area contributed by atoms with Crippen molar-refractivity contribution < 1.29 is 4.74 Å². The number of thiocarbonyl (C=S) groups is 1. The number of H-pyrrole nitrogens is 1. The topological polar surface area (TPSA) is 62.0 Å². The lowest BCUT2D eigenvalue weighted by Crippen LogP contribution is -2.34. The number of aromatic nitrogens is 2. The quantitative estimate of drug-likeness (QED) is 0.476. The Morgan fingerprint density at radius 1 is 1.71 bits per heavy atom. The van der Waals surface area contributed by atoms with Crippen LogP contribution in [0.4, 0.5) is 0 Å². The van der Waals surface area contributed by atoms with E-state index in [9.17, 15) is 0 Å². The second-order valence-electron chi connectivity index (χ2n) is 2.62. The van der Waals surface area contributed by atoms with Gasteiger partial charge >= 0.3 is 0 Å². The molecule has 0 atom stereocenters. The van der Waals surface area contributed by atoms with E-state index in [1.165, 1.54) is 0 Å². The highest BCUT2D eigenvalue weighted by molar-refractivity contribution is 7.80. The first-order valence-corrected chi connectivity index (χ1v) is 4.75. The first kappa shape index (κ1) is 10.9. The molecule has 1 heterocycles. The average Bonchev–Trinajstić information content (AvgIpc) is 2.69. The van der Waals surface area contributed by atoms with Gasteiger partial charge in [-0.15, -0.1) is 0 Å². The summed E-state index contributed by atoms with van der Waals surface area (Å²) in [7, 11) is 1.78. The van der Waals surface area contributed by atoms with Gasteiger partial charge in [0.05, 0.1) is 18.9 Å². The van der Waals surface area contributed by atoms with E-state index in [2.05, 4.69) is 20.8 Å². The summed E-state index contributed by atoms with van der Waals surface area (Å²) in [6.45, 7) is 1.83. The van der Waals surface area contributed by atoms with Crippen molar-refractivity contribution in [3.05, 3.63) is 18.0 Å². The number of hydrogen-bond acceptors (Lipinski definition) is 3. The second kappa shape index (κ2) is 6.33. The van der Waals surface area contributed by atoms with Crippen molar-refractivity contribution in [1.82, 2.24) is 20.8 Å². The van der Waals surface area contributed by atoms with Crippen LogP contribution in [0.3, 0.4) is 0 Å². The molecule has 0 radical (unpaired) electrons. The Morgan fingerprint density at radius 2 is 2.57 bits per heavy atom. The molecule has 0 aromatic carbocycles. The Morgan fingerprint density at radius 3 is 3.21 bits per heavy atom. The largest absolute Gasteiger partial charge is 0.373 e. The maximum Gasteiger partial charge on any atom is 0.166 e. The third-order valence-corrected chi connectivity index (χ3v) is 1.92. The summed E-state index contributed by atoms with van der Waals surface area (Å²) in [6, 6.07) is 1.88. The van der Waals surface area contributed by atoms with Gasteiger partial charge in [0.1, 0.15) is 0 Å². The number of nitrogens with zero attached hydrogens (tertiary/aromatic N) is 1. The van der Waals surface area contributed by atoms with E-state index >= 15 is 0 Å². The van der Waals surface area contributed by atoms with Crippen molar-refractivity contribution >= 4 is 17.3 Å². The van der Waals surface area contributed by atoms with Gasteiger partial charge in [-0.3, -0.25) is 5.10 Å². The predicted molar refractivity (Wildman–Crippen MR) is 57.9 cm³/mol. The zero-order valence-electron chi connectivity index (χ0n) is 8.04. The average molecular weight is 214 g/mol. The van der Waals surface area contributed by atoms with E-state index in [1.54, 1.807) is 13.2 Å². The molecule has 1 aromatic heterocycles. The molecule has 6 heteroatoms. The maximum absolute atomic E-state index is 5.34. The first-order chi connectivity index (χ1) is 6.83. The van der Waals surface area contributed by atoms with E-state index in [0.29, 0.717) is 24.9 Å². The van der Waals surface area contributed by atoms with Crippen LogP contribution in [0.2, 0.25) is 0 Å². The van der Waals surface area contributed by atoms with Crippen molar-refractivity contribution in [1.29, 1.82) is 0 Å². The van der Waals surface area contributed by atoms with Gasteiger partial charge in [-0.1, -0.05) is 0 Å². The molecule has 0 saturated carbocycles. The molecule has 0 fully saturated rings. The second-order valence-corrected chi connectivity index (χ2v) is 3.03. The molecule has 78 valence electrons. The summed E-state index contributed by atoms with van der Waals surface area (Å²) in [6.07, 6.45) is 1.77. The van der Waals surface area contributed by atoms with Gasteiger partial charge in [0, 0.05) is 19.8 Å². The molecule has 0 unspecified atom stereocenters. The Labute approximate surface area is 88.2 Å². The highest BCUT2D eigenvalue weighted by Gasteiger charge is 1.94. The van der Waals surface area contributed by atoms with Crippen LogP contribution in [-0.2, 0) is 11.3 Å². The van der Waals surface area contributed by atoms with E-state index in [0.717, 1.165) is 5.69 Å². The summed E-state index contributed by atoms with van der Waals surface area (Å²) >= 11 is 4.89. The number of aromatic amines is 1. The van der Waals surface area contributed by atoms with Crippen molar-refractivity contribution in [3.8, 4) is 0 Å². The van der Waals surface area contributed by atoms with E-state index in [-0.39, 0.29) is 0 Å². The smallest absolute Gasteiger partial charge is 0.166 e. The van der Waals surface area contributed by atoms with Gasteiger partial charge in [-0.05, 0) is 18.3 Å². The monoisotopic (exact) mass is 214 g/mol. The minimum atomic E-state index is 0.525. The van der Waals surface area contributed by atoms with E-state index < -0.39 is 0 Å². The molecule has 0 aliphatic rings.